The predicted octanol–water partition coefficient (Wildman–Crippen LogP) is 3.98. The molecule has 1 amide bonds. The van der Waals surface area contributed by atoms with E-state index < -0.39 is 0 Å². The molecule has 0 saturated heterocycles. The summed E-state index contributed by atoms with van der Waals surface area (Å²) in [6, 6.07) is 18.0. The Morgan fingerprint density at radius 1 is 1.17 bits per heavy atom. The quantitative estimate of drug-likeness (QED) is 0.557. The van der Waals surface area contributed by atoms with Crippen molar-refractivity contribution >= 4 is 22.8 Å². The molecule has 0 unspecified atom stereocenters. The predicted molar refractivity (Wildman–Crippen MR) is 121 cm³/mol. The molecule has 0 bridgehead atoms. The third-order valence-electron chi connectivity index (χ3n) is 5.76. The molecule has 154 valence electrons. The normalized spacial score (nSPS) is 22.1. The van der Waals surface area contributed by atoms with Gasteiger partial charge in [0.15, 0.2) is 5.17 Å². The van der Waals surface area contributed by atoms with E-state index in [4.69, 9.17) is 10.5 Å². The topological polar surface area (TPSA) is 76.7 Å². The van der Waals surface area contributed by atoms with Crippen LogP contribution in [-0.2, 0) is 5.41 Å². The molecule has 1 aliphatic rings. The summed E-state index contributed by atoms with van der Waals surface area (Å²) in [7, 11) is 1.58. The van der Waals surface area contributed by atoms with Crippen molar-refractivity contribution < 1.29 is 9.53 Å². The number of carbonyl (C=O) groups is 1. The second-order valence-electron chi connectivity index (χ2n) is 7.43. The van der Waals surface area contributed by atoms with Crippen LogP contribution in [0.15, 0.2) is 59.6 Å². The highest BCUT2D eigenvalue weighted by Crippen LogP contribution is 2.40. The number of benzene rings is 2. The van der Waals surface area contributed by atoms with Crippen LogP contribution in [0.1, 0.15) is 41.6 Å². The number of aliphatic imine (C=N–C) groups is 1. The van der Waals surface area contributed by atoms with Gasteiger partial charge < -0.3 is 15.8 Å². The van der Waals surface area contributed by atoms with Gasteiger partial charge in [0, 0.05) is 12.0 Å². The molecule has 0 atom stereocenters. The third kappa shape index (κ3) is 5.12. The van der Waals surface area contributed by atoms with Crippen LogP contribution < -0.4 is 15.8 Å². The van der Waals surface area contributed by atoms with Crippen LogP contribution in [0.3, 0.4) is 0 Å². The molecule has 2 aromatic rings. The van der Waals surface area contributed by atoms with E-state index in [2.05, 4.69) is 34.6 Å². The number of para-hydroxylation sites is 1. The number of nitrogens with two attached hydrogens (primary N) is 1. The molecule has 1 aliphatic carbocycles. The summed E-state index contributed by atoms with van der Waals surface area (Å²) in [6.45, 7) is 0.586. The average molecular weight is 412 g/mol. The van der Waals surface area contributed by atoms with Gasteiger partial charge >= 0.3 is 0 Å². The Bertz CT molecular complexity index is 846. The van der Waals surface area contributed by atoms with Gasteiger partial charge in [0.25, 0.3) is 5.91 Å². The molecule has 0 aliphatic heterocycles. The molecule has 0 aromatic heterocycles. The Hall–Kier alpha value is -2.47. The van der Waals surface area contributed by atoms with Gasteiger partial charge in [-0.3, -0.25) is 9.79 Å². The van der Waals surface area contributed by atoms with E-state index in [9.17, 15) is 4.79 Å². The SMILES string of the molecule is COc1ccccc1C(=O)NCC1(c2ccccc2)CCC(N=C(N)SC)CC1. The van der Waals surface area contributed by atoms with Crippen molar-refractivity contribution in [1.82, 2.24) is 5.32 Å². The number of amides is 1. The number of hydrogen-bond acceptors (Lipinski definition) is 4. The highest BCUT2D eigenvalue weighted by atomic mass is 32.2. The van der Waals surface area contributed by atoms with Crippen LogP contribution >= 0.6 is 11.8 Å². The maximum atomic E-state index is 12.9. The van der Waals surface area contributed by atoms with E-state index in [1.54, 1.807) is 19.2 Å². The Balaban J connectivity index is 1.77. The first-order valence-corrected chi connectivity index (χ1v) is 11.1. The Kier molecular flexibility index (Phi) is 7.20. The lowest BCUT2D eigenvalue weighted by Gasteiger charge is -2.40. The lowest BCUT2D eigenvalue weighted by molar-refractivity contribution is 0.0932. The van der Waals surface area contributed by atoms with Crippen molar-refractivity contribution in [1.29, 1.82) is 0 Å². The Morgan fingerprint density at radius 2 is 1.83 bits per heavy atom. The first-order valence-electron chi connectivity index (χ1n) is 9.92. The van der Waals surface area contributed by atoms with Crippen molar-refractivity contribution in [2.45, 2.75) is 37.1 Å². The van der Waals surface area contributed by atoms with Crippen LogP contribution in [0.2, 0.25) is 0 Å². The summed E-state index contributed by atoms with van der Waals surface area (Å²) in [5.41, 5.74) is 7.64. The van der Waals surface area contributed by atoms with Gasteiger partial charge in [-0.15, -0.1) is 0 Å². The number of ether oxygens (including phenoxy) is 1. The number of carbonyl (C=O) groups excluding carboxylic acids is 1. The third-order valence-corrected chi connectivity index (χ3v) is 6.28. The van der Waals surface area contributed by atoms with Gasteiger partial charge in [0.05, 0.1) is 18.7 Å². The maximum absolute atomic E-state index is 12.9. The van der Waals surface area contributed by atoms with Crippen LogP contribution in [0.25, 0.3) is 0 Å². The summed E-state index contributed by atoms with van der Waals surface area (Å²) in [4.78, 5) is 17.5. The molecule has 0 spiro atoms. The summed E-state index contributed by atoms with van der Waals surface area (Å²) in [6.07, 6.45) is 5.78. The van der Waals surface area contributed by atoms with E-state index in [0.717, 1.165) is 25.7 Å². The van der Waals surface area contributed by atoms with Crippen molar-refractivity contribution in [2.24, 2.45) is 10.7 Å². The van der Waals surface area contributed by atoms with Crippen molar-refractivity contribution in [3.05, 3.63) is 65.7 Å². The molecule has 3 rings (SSSR count). The minimum Gasteiger partial charge on any atom is -0.496 e. The monoisotopic (exact) mass is 411 g/mol. The van der Waals surface area contributed by atoms with E-state index in [-0.39, 0.29) is 17.4 Å². The van der Waals surface area contributed by atoms with Crippen LogP contribution in [-0.4, -0.2) is 37.0 Å². The van der Waals surface area contributed by atoms with Crippen molar-refractivity contribution in [2.75, 3.05) is 19.9 Å². The summed E-state index contributed by atoms with van der Waals surface area (Å²) in [5.74, 6) is 0.480. The molecule has 2 aromatic carbocycles. The van der Waals surface area contributed by atoms with Crippen LogP contribution in [0.5, 0.6) is 5.75 Å². The van der Waals surface area contributed by atoms with Crippen molar-refractivity contribution in [3.8, 4) is 5.75 Å². The maximum Gasteiger partial charge on any atom is 0.255 e. The number of thioether (sulfide) groups is 1. The fraction of sp³-hybridized carbons (Fsp3) is 0.391. The molecule has 29 heavy (non-hydrogen) atoms. The van der Waals surface area contributed by atoms with Gasteiger partial charge in [0.2, 0.25) is 0 Å². The zero-order valence-corrected chi connectivity index (χ0v) is 17.9. The van der Waals surface area contributed by atoms with Crippen molar-refractivity contribution in [3.63, 3.8) is 0 Å². The molecule has 1 saturated carbocycles. The second-order valence-corrected chi connectivity index (χ2v) is 8.26. The summed E-state index contributed by atoms with van der Waals surface area (Å²) in [5, 5.41) is 3.81. The molecule has 6 heteroatoms. The minimum absolute atomic E-state index is 0.0981. The standard InChI is InChI=1S/C23H29N3O2S/c1-28-20-11-7-6-10-19(20)21(27)25-16-23(17-8-4-3-5-9-17)14-12-18(13-15-23)26-22(24)29-2/h3-11,18H,12-16H2,1-2H3,(H2,24,26)(H,25,27). The molecule has 3 N–H and O–H groups in total. The Labute approximate surface area is 177 Å². The largest absolute Gasteiger partial charge is 0.496 e. The fourth-order valence-corrected chi connectivity index (χ4v) is 4.31. The number of nitrogens with one attached hydrogen (secondary N) is 1. The second kappa shape index (κ2) is 9.83. The molecule has 0 radical (unpaired) electrons. The Morgan fingerprint density at radius 3 is 2.48 bits per heavy atom. The van der Waals surface area contributed by atoms with E-state index in [1.165, 1.54) is 17.3 Å². The lowest BCUT2D eigenvalue weighted by atomic mass is 9.68. The first kappa shape index (κ1) is 21.2. The van der Waals surface area contributed by atoms with Crippen LogP contribution in [0, 0.1) is 0 Å². The zero-order valence-electron chi connectivity index (χ0n) is 17.1. The summed E-state index contributed by atoms with van der Waals surface area (Å²) >= 11 is 1.49. The lowest BCUT2D eigenvalue weighted by Crippen LogP contribution is -2.44. The fourth-order valence-electron chi connectivity index (χ4n) is 4.05. The highest BCUT2D eigenvalue weighted by molar-refractivity contribution is 8.13. The zero-order chi connectivity index (χ0) is 20.7. The number of amidine groups is 1. The molecule has 5 nitrogen and oxygen atoms in total. The van der Waals surface area contributed by atoms with Gasteiger partial charge in [0.1, 0.15) is 5.75 Å². The molecular formula is C23H29N3O2S. The molecular weight excluding hydrogens is 382 g/mol. The highest BCUT2D eigenvalue weighted by Gasteiger charge is 2.37. The van der Waals surface area contributed by atoms with E-state index in [0.29, 0.717) is 23.0 Å². The molecule has 0 heterocycles. The summed E-state index contributed by atoms with van der Waals surface area (Å²) < 4.78 is 5.34. The number of methoxy groups -OCH3 is 1. The number of hydrogen-bond donors (Lipinski definition) is 2. The van der Waals surface area contributed by atoms with E-state index >= 15 is 0 Å². The molecule has 1 fully saturated rings. The van der Waals surface area contributed by atoms with E-state index in [1.807, 2.05) is 24.5 Å². The number of nitrogens with zero attached hydrogens (tertiary/aromatic N) is 1. The average Bonchev–Trinajstić information content (AvgIpc) is 2.79. The van der Waals surface area contributed by atoms with Gasteiger partial charge in [-0.1, -0.05) is 54.2 Å². The smallest absolute Gasteiger partial charge is 0.255 e. The minimum atomic E-state index is -0.107. The first-order chi connectivity index (χ1) is 14.1. The van der Waals surface area contributed by atoms with Gasteiger partial charge in [-0.2, -0.15) is 0 Å². The number of rotatable bonds is 6. The van der Waals surface area contributed by atoms with Gasteiger partial charge in [-0.25, -0.2) is 0 Å². The van der Waals surface area contributed by atoms with Crippen LogP contribution in [0.4, 0.5) is 0 Å². The van der Waals surface area contributed by atoms with Gasteiger partial charge in [-0.05, 0) is 49.6 Å².